The van der Waals surface area contributed by atoms with Gasteiger partial charge in [-0.15, -0.1) is 0 Å². The van der Waals surface area contributed by atoms with E-state index in [0.717, 1.165) is 10.2 Å². The summed E-state index contributed by atoms with van der Waals surface area (Å²) in [4.78, 5) is 18.4. The number of amidine groups is 1. The second kappa shape index (κ2) is 6.80. The summed E-state index contributed by atoms with van der Waals surface area (Å²) in [5.74, 6) is 0.335. The minimum Gasteiger partial charge on any atom is -0.316 e. The molecule has 2 atom stereocenters. The second-order valence-corrected chi connectivity index (χ2v) is 10.8. The number of anilines is 1. The predicted octanol–water partition coefficient (Wildman–Crippen LogP) is 3.10. The average Bonchev–Trinajstić information content (AvgIpc) is 2.88. The first-order valence-electron chi connectivity index (χ1n) is 7.78. The number of fused-ring (bicyclic) bond motifs is 1. The van der Waals surface area contributed by atoms with Gasteiger partial charge >= 0.3 is 0 Å². The zero-order valence-corrected chi connectivity index (χ0v) is 16.7. The molecule has 5 nitrogen and oxygen atoms in total. The molecule has 3 rings (SSSR count). The molecule has 0 aromatic heterocycles. The van der Waals surface area contributed by atoms with E-state index in [2.05, 4.69) is 20.9 Å². The number of thioether (sulfide) groups is 1. The summed E-state index contributed by atoms with van der Waals surface area (Å²) in [5.41, 5.74) is 0.859. The zero-order valence-electron chi connectivity index (χ0n) is 13.5. The highest BCUT2D eigenvalue weighted by Crippen LogP contribution is 2.41. The molecule has 1 aromatic carbocycles. The Hall–Kier alpha value is -0.860. The van der Waals surface area contributed by atoms with Gasteiger partial charge in [-0.25, -0.2) is 8.42 Å². The van der Waals surface area contributed by atoms with Gasteiger partial charge in [-0.1, -0.05) is 47.6 Å². The molecule has 24 heavy (non-hydrogen) atoms. The summed E-state index contributed by atoms with van der Waals surface area (Å²) in [7, 11) is -3.04. The van der Waals surface area contributed by atoms with Crippen molar-refractivity contribution in [3.05, 3.63) is 28.7 Å². The smallest absolute Gasteiger partial charge is 0.248 e. The van der Waals surface area contributed by atoms with Crippen LogP contribution < -0.4 is 4.90 Å². The van der Waals surface area contributed by atoms with Crippen LogP contribution in [0.3, 0.4) is 0 Å². The number of sulfone groups is 1. The topological polar surface area (TPSA) is 66.8 Å². The number of rotatable bonds is 3. The van der Waals surface area contributed by atoms with Crippen molar-refractivity contribution >= 4 is 54.3 Å². The Bertz CT molecular complexity index is 792. The Morgan fingerprint density at radius 2 is 2.17 bits per heavy atom. The molecule has 2 fully saturated rings. The van der Waals surface area contributed by atoms with Gasteiger partial charge in [0.2, 0.25) is 5.91 Å². The summed E-state index contributed by atoms with van der Waals surface area (Å²) < 4.78 is 24.9. The molecule has 0 N–H and O–H groups in total. The largest absolute Gasteiger partial charge is 0.316 e. The first-order chi connectivity index (χ1) is 11.2. The highest BCUT2D eigenvalue weighted by molar-refractivity contribution is 9.10. The van der Waals surface area contributed by atoms with Crippen molar-refractivity contribution in [3.63, 3.8) is 0 Å². The number of benzene rings is 1. The molecular formula is C16H19BrN2O3S2. The van der Waals surface area contributed by atoms with Gasteiger partial charge in [-0.3, -0.25) is 4.79 Å². The van der Waals surface area contributed by atoms with Crippen LogP contribution in [0.2, 0.25) is 0 Å². The van der Waals surface area contributed by atoms with Crippen LogP contribution in [0.4, 0.5) is 5.69 Å². The van der Waals surface area contributed by atoms with Crippen LogP contribution in [-0.4, -0.2) is 42.3 Å². The third-order valence-electron chi connectivity index (χ3n) is 3.96. The van der Waals surface area contributed by atoms with E-state index in [0.29, 0.717) is 11.6 Å². The number of aliphatic imine (C=N–C) groups is 1. The first-order valence-corrected chi connectivity index (χ1v) is 11.3. The van der Waals surface area contributed by atoms with Crippen LogP contribution in [0.25, 0.3) is 0 Å². The standard InChI is InChI=1S/C16H19BrN2O3S2/c1-10(2)6-15(20)18-16-19(12-5-3-4-11(17)7-12)13-8-24(21,22)9-14(13)23-16/h3-5,7,10,13-14H,6,8-9H2,1-2H3/t13-,14-/m1/s1. The molecule has 2 heterocycles. The lowest BCUT2D eigenvalue weighted by molar-refractivity contribution is -0.118. The molecular weight excluding hydrogens is 412 g/mol. The van der Waals surface area contributed by atoms with E-state index in [1.165, 1.54) is 11.8 Å². The lowest BCUT2D eigenvalue weighted by Gasteiger charge is -2.24. The SMILES string of the molecule is CC(C)CC(=O)N=C1S[C@@H]2CS(=O)(=O)C[C@H]2N1c1cccc(Br)c1. The summed E-state index contributed by atoms with van der Waals surface area (Å²) in [6, 6.07) is 7.49. The van der Waals surface area contributed by atoms with Gasteiger partial charge in [0.1, 0.15) is 0 Å². The highest BCUT2D eigenvalue weighted by Gasteiger charge is 2.49. The van der Waals surface area contributed by atoms with Crippen molar-refractivity contribution in [1.29, 1.82) is 0 Å². The Morgan fingerprint density at radius 3 is 2.83 bits per heavy atom. The molecule has 0 aliphatic carbocycles. The summed E-state index contributed by atoms with van der Waals surface area (Å²) in [6.45, 7) is 3.96. The molecule has 1 amide bonds. The molecule has 2 saturated heterocycles. The molecule has 2 aliphatic heterocycles. The molecule has 8 heteroatoms. The lowest BCUT2D eigenvalue weighted by atomic mass is 10.1. The van der Waals surface area contributed by atoms with E-state index in [4.69, 9.17) is 0 Å². The molecule has 0 bridgehead atoms. The minimum atomic E-state index is -3.04. The maximum atomic E-state index is 12.1. The maximum absolute atomic E-state index is 12.1. The number of hydrogen-bond donors (Lipinski definition) is 0. The molecule has 2 aliphatic rings. The second-order valence-electron chi connectivity index (χ2n) is 6.54. The quantitative estimate of drug-likeness (QED) is 0.736. The first kappa shape index (κ1) is 17.9. The van der Waals surface area contributed by atoms with Gasteiger partial charge in [-0.2, -0.15) is 4.99 Å². The van der Waals surface area contributed by atoms with Crippen molar-refractivity contribution in [2.45, 2.75) is 31.6 Å². The van der Waals surface area contributed by atoms with Crippen molar-refractivity contribution < 1.29 is 13.2 Å². The molecule has 1 aromatic rings. The summed E-state index contributed by atoms with van der Waals surface area (Å²) in [6.07, 6.45) is 0.393. The van der Waals surface area contributed by atoms with E-state index in [1.807, 2.05) is 43.0 Å². The van der Waals surface area contributed by atoms with Gasteiger partial charge in [0.15, 0.2) is 15.0 Å². The summed E-state index contributed by atoms with van der Waals surface area (Å²) >= 11 is 4.86. The average molecular weight is 431 g/mol. The van der Waals surface area contributed by atoms with Crippen LogP contribution in [0.1, 0.15) is 20.3 Å². The molecule has 0 unspecified atom stereocenters. The van der Waals surface area contributed by atoms with Crippen molar-refractivity contribution in [2.24, 2.45) is 10.9 Å². The van der Waals surface area contributed by atoms with Crippen LogP contribution in [-0.2, 0) is 14.6 Å². The molecule has 0 spiro atoms. The Morgan fingerprint density at radius 1 is 1.42 bits per heavy atom. The predicted molar refractivity (Wildman–Crippen MR) is 102 cm³/mol. The third-order valence-corrected chi connectivity index (χ3v) is 7.66. The Balaban J connectivity index is 1.97. The van der Waals surface area contributed by atoms with Crippen LogP contribution >= 0.6 is 27.7 Å². The number of halogens is 1. The fourth-order valence-electron chi connectivity index (χ4n) is 2.99. The van der Waals surface area contributed by atoms with Crippen molar-refractivity contribution in [2.75, 3.05) is 16.4 Å². The number of carbonyl (C=O) groups is 1. The van der Waals surface area contributed by atoms with E-state index in [9.17, 15) is 13.2 Å². The maximum Gasteiger partial charge on any atom is 0.248 e. The number of carbonyl (C=O) groups excluding carboxylic acids is 1. The molecule has 0 saturated carbocycles. The van der Waals surface area contributed by atoms with Crippen molar-refractivity contribution in [1.82, 2.24) is 0 Å². The van der Waals surface area contributed by atoms with E-state index >= 15 is 0 Å². The highest BCUT2D eigenvalue weighted by atomic mass is 79.9. The number of nitrogens with zero attached hydrogens (tertiary/aromatic N) is 2. The zero-order chi connectivity index (χ0) is 17.5. The lowest BCUT2D eigenvalue weighted by Crippen LogP contribution is -2.37. The number of amides is 1. The van der Waals surface area contributed by atoms with E-state index in [1.54, 1.807) is 0 Å². The monoisotopic (exact) mass is 430 g/mol. The third kappa shape index (κ3) is 3.86. The molecule has 0 radical (unpaired) electrons. The Labute approximate surface area is 155 Å². The van der Waals surface area contributed by atoms with Gasteiger partial charge < -0.3 is 4.90 Å². The fourth-order valence-corrected chi connectivity index (χ4v) is 7.31. The minimum absolute atomic E-state index is 0.0698. The van der Waals surface area contributed by atoms with Gasteiger partial charge in [0.05, 0.1) is 17.5 Å². The van der Waals surface area contributed by atoms with Gasteiger partial charge in [-0.05, 0) is 24.1 Å². The van der Waals surface area contributed by atoms with Crippen molar-refractivity contribution in [3.8, 4) is 0 Å². The van der Waals surface area contributed by atoms with Crippen LogP contribution in [0.5, 0.6) is 0 Å². The Kier molecular flexibility index (Phi) is 5.09. The van der Waals surface area contributed by atoms with E-state index in [-0.39, 0.29) is 34.6 Å². The normalized spacial score (nSPS) is 27.0. The van der Waals surface area contributed by atoms with E-state index < -0.39 is 9.84 Å². The van der Waals surface area contributed by atoms with Gasteiger partial charge in [0.25, 0.3) is 0 Å². The van der Waals surface area contributed by atoms with Gasteiger partial charge in [0, 0.05) is 21.8 Å². The number of hydrogen-bond acceptors (Lipinski definition) is 4. The van der Waals surface area contributed by atoms with Crippen LogP contribution in [0, 0.1) is 5.92 Å². The fraction of sp³-hybridized carbons (Fsp3) is 0.500. The van der Waals surface area contributed by atoms with Crippen LogP contribution in [0.15, 0.2) is 33.7 Å². The summed E-state index contributed by atoms with van der Waals surface area (Å²) in [5, 5.41) is 0.545. The molecule has 130 valence electrons.